The van der Waals surface area contributed by atoms with E-state index in [0.29, 0.717) is 0 Å². The van der Waals surface area contributed by atoms with Crippen molar-refractivity contribution in [2.45, 2.75) is 0 Å². The van der Waals surface area contributed by atoms with Crippen LogP contribution >= 0.6 is 0 Å². The van der Waals surface area contributed by atoms with Crippen molar-refractivity contribution in [2.24, 2.45) is 0 Å². The number of fused-ring (bicyclic) bond motifs is 1. The van der Waals surface area contributed by atoms with Crippen LogP contribution in [0.25, 0.3) is 10.9 Å². The third-order valence-electron chi connectivity index (χ3n) is 1.43. The summed E-state index contributed by atoms with van der Waals surface area (Å²) in [4.78, 5) is 4.13. The monoisotopic (exact) mass is 128 g/mol. The van der Waals surface area contributed by atoms with Gasteiger partial charge in [0.25, 0.3) is 0 Å². The van der Waals surface area contributed by atoms with Gasteiger partial charge in [-0.2, -0.15) is 0 Å². The first-order valence-electron chi connectivity index (χ1n) is 3.18. The van der Waals surface area contributed by atoms with Crippen LogP contribution in [-0.2, 0) is 0 Å². The second-order valence-electron chi connectivity index (χ2n) is 2.11. The number of nitrogens with zero attached hydrogens (tertiary/aromatic N) is 1. The van der Waals surface area contributed by atoms with E-state index in [-0.39, 0.29) is 0 Å². The molecule has 0 aliphatic carbocycles. The number of hydrogen-bond acceptors (Lipinski definition) is 1. The van der Waals surface area contributed by atoms with Gasteiger partial charge < -0.3 is 0 Å². The van der Waals surface area contributed by atoms with Gasteiger partial charge in [0, 0.05) is 17.6 Å². The average Bonchev–Trinajstić information content (AvgIpc) is 2.05. The van der Waals surface area contributed by atoms with Gasteiger partial charge in [-0.05, 0) is 6.07 Å². The van der Waals surface area contributed by atoms with E-state index < -0.39 is 0 Å². The second-order valence-corrected chi connectivity index (χ2v) is 2.11. The van der Waals surface area contributed by atoms with E-state index in [1.54, 1.807) is 6.20 Å². The molecule has 47 valence electrons. The molecule has 1 nitrogen and oxygen atoms in total. The molecule has 0 bridgehead atoms. The predicted molar refractivity (Wildman–Crippen MR) is 40.6 cm³/mol. The Morgan fingerprint density at radius 2 is 2.10 bits per heavy atom. The lowest BCUT2D eigenvalue weighted by atomic mass is 10.2. The number of rotatable bonds is 0. The Bertz CT molecular complexity index is 276. The summed E-state index contributed by atoms with van der Waals surface area (Å²) in [6, 6.07) is 12.9. The molecule has 0 aliphatic heterocycles. The first-order chi connectivity index (χ1) is 4.97. The Hall–Kier alpha value is -1.37. The fourth-order valence-corrected chi connectivity index (χ4v) is 0.952. The van der Waals surface area contributed by atoms with E-state index in [4.69, 9.17) is 0 Å². The molecule has 0 unspecified atom stereocenters. The van der Waals surface area contributed by atoms with Crippen LogP contribution in [0, 0.1) is 6.07 Å². The highest BCUT2D eigenvalue weighted by Gasteiger charge is 1.87. The maximum Gasteiger partial charge on any atom is 0.0781 e. The lowest BCUT2D eigenvalue weighted by molar-refractivity contribution is 1.41. The van der Waals surface area contributed by atoms with Gasteiger partial charge in [0.2, 0.25) is 0 Å². The molecule has 0 N–H and O–H groups in total. The molecular formula is C9H6N. The molecule has 2 rings (SSSR count). The highest BCUT2D eigenvalue weighted by atomic mass is 14.6. The zero-order valence-corrected chi connectivity index (χ0v) is 5.41. The van der Waals surface area contributed by atoms with Crippen LogP contribution in [0.5, 0.6) is 0 Å². The van der Waals surface area contributed by atoms with E-state index in [9.17, 15) is 0 Å². The Labute approximate surface area is 59.3 Å². The molecule has 0 spiro atoms. The summed E-state index contributed by atoms with van der Waals surface area (Å²) >= 11 is 0. The third-order valence-corrected chi connectivity index (χ3v) is 1.43. The summed E-state index contributed by atoms with van der Waals surface area (Å²) < 4.78 is 0. The minimum absolute atomic E-state index is 0.935. The Kier molecular flexibility index (Phi) is 1.14. The van der Waals surface area contributed by atoms with E-state index in [1.807, 2.05) is 30.3 Å². The van der Waals surface area contributed by atoms with Crippen molar-refractivity contribution in [1.29, 1.82) is 0 Å². The maximum atomic E-state index is 4.13. The van der Waals surface area contributed by atoms with Gasteiger partial charge in [0.1, 0.15) is 0 Å². The second kappa shape index (κ2) is 2.10. The standard InChI is InChI=1S/C9H6N/c1-2-6-9-8(4-1)5-3-7-10-9/h1-5,7H. The van der Waals surface area contributed by atoms with Crippen LogP contribution in [0.1, 0.15) is 0 Å². The summed E-state index contributed by atoms with van der Waals surface area (Å²) in [6.45, 7) is 0. The number of para-hydroxylation sites is 1. The molecule has 0 atom stereocenters. The number of pyridine rings is 1. The molecule has 2 aromatic rings. The van der Waals surface area contributed by atoms with Gasteiger partial charge in [-0.1, -0.05) is 24.3 Å². The van der Waals surface area contributed by atoms with Crippen LogP contribution in [0.15, 0.2) is 36.5 Å². The summed E-state index contributed by atoms with van der Waals surface area (Å²) in [5.74, 6) is 0. The molecule has 1 heterocycles. The lowest BCUT2D eigenvalue weighted by Gasteiger charge is -1.90. The quantitative estimate of drug-likeness (QED) is 0.529. The van der Waals surface area contributed by atoms with Crippen LogP contribution < -0.4 is 0 Å². The smallest absolute Gasteiger partial charge is 0.0781 e. The minimum Gasteiger partial charge on any atom is -0.256 e. The van der Waals surface area contributed by atoms with Crippen molar-refractivity contribution in [2.75, 3.05) is 0 Å². The molecule has 0 aliphatic rings. The molecular weight excluding hydrogens is 122 g/mol. The van der Waals surface area contributed by atoms with E-state index >= 15 is 0 Å². The van der Waals surface area contributed by atoms with E-state index in [1.165, 1.54) is 0 Å². The Morgan fingerprint density at radius 1 is 1.20 bits per heavy atom. The fourth-order valence-electron chi connectivity index (χ4n) is 0.952. The van der Waals surface area contributed by atoms with Crippen LogP contribution in [-0.4, -0.2) is 4.98 Å². The zero-order chi connectivity index (χ0) is 6.81. The van der Waals surface area contributed by atoms with Crippen molar-refractivity contribution >= 4 is 10.9 Å². The minimum atomic E-state index is 0.935. The first kappa shape index (κ1) is 5.42. The molecule has 1 heteroatoms. The first-order valence-corrected chi connectivity index (χ1v) is 3.18. The van der Waals surface area contributed by atoms with Gasteiger partial charge >= 0.3 is 0 Å². The largest absolute Gasteiger partial charge is 0.256 e. The van der Waals surface area contributed by atoms with Crippen molar-refractivity contribution in [3.63, 3.8) is 0 Å². The van der Waals surface area contributed by atoms with E-state index in [2.05, 4.69) is 11.1 Å². The van der Waals surface area contributed by atoms with Gasteiger partial charge in [0.15, 0.2) is 0 Å². The fraction of sp³-hybridized carbons (Fsp3) is 0. The van der Waals surface area contributed by atoms with Gasteiger partial charge in [-0.15, -0.1) is 0 Å². The van der Waals surface area contributed by atoms with Crippen LogP contribution in [0.2, 0.25) is 0 Å². The lowest BCUT2D eigenvalue weighted by Crippen LogP contribution is -1.74. The molecule has 1 aromatic carbocycles. The molecule has 10 heavy (non-hydrogen) atoms. The SMILES string of the molecule is [c]1cccc2cccnc12. The van der Waals surface area contributed by atoms with Gasteiger partial charge in [-0.25, -0.2) is 0 Å². The summed E-state index contributed by atoms with van der Waals surface area (Å²) in [5, 5.41) is 1.14. The van der Waals surface area contributed by atoms with Gasteiger partial charge in [-0.3, -0.25) is 4.98 Å². The van der Waals surface area contributed by atoms with Crippen molar-refractivity contribution in [1.82, 2.24) is 4.98 Å². The molecule has 1 aromatic heterocycles. The van der Waals surface area contributed by atoms with Gasteiger partial charge in [0.05, 0.1) is 5.52 Å². The van der Waals surface area contributed by atoms with E-state index in [0.717, 1.165) is 10.9 Å². The maximum absolute atomic E-state index is 4.13. The number of benzene rings is 1. The molecule has 0 amide bonds. The molecule has 0 saturated carbocycles. The highest BCUT2D eigenvalue weighted by molar-refractivity contribution is 5.77. The summed E-state index contributed by atoms with van der Waals surface area (Å²) in [6.07, 6.45) is 1.78. The zero-order valence-electron chi connectivity index (χ0n) is 5.41. The van der Waals surface area contributed by atoms with Crippen molar-refractivity contribution < 1.29 is 0 Å². The number of aromatic nitrogens is 1. The number of hydrogen-bond donors (Lipinski definition) is 0. The molecule has 0 saturated heterocycles. The van der Waals surface area contributed by atoms with Crippen LogP contribution in [0.4, 0.5) is 0 Å². The van der Waals surface area contributed by atoms with Crippen molar-refractivity contribution in [3.8, 4) is 0 Å². The average molecular weight is 128 g/mol. The molecule has 1 radical (unpaired) electrons. The van der Waals surface area contributed by atoms with Crippen LogP contribution in [0.3, 0.4) is 0 Å². The molecule has 0 fully saturated rings. The predicted octanol–water partition coefficient (Wildman–Crippen LogP) is 2.03. The topological polar surface area (TPSA) is 12.9 Å². The highest BCUT2D eigenvalue weighted by Crippen LogP contribution is 2.07. The summed E-state index contributed by atoms with van der Waals surface area (Å²) in [7, 11) is 0. The third kappa shape index (κ3) is 0.760. The van der Waals surface area contributed by atoms with Crippen molar-refractivity contribution in [3.05, 3.63) is 42.6 Å². The summed E-state index contributed by atoms with van der Waals surface area (Å²) in [5.41, 5.74) is 0.935. The Balaban J connectivity index is 2.89. The Morgan fingerprint density at radius 3 is 3.00 bits per heavy atom. The normalized spacial score (nSPS) is 10.0.